The third-order valence-corrected chi connectivity index (χ3v) is 12.6. The summed E-state index contributed by atoms with van der Waals surface area (Å²) >= 11 is 0. The van der Waals surface area contributed by atoms with Crippen LogP contribution in [0.5, 0.6) is 0 Å². The monoisotopic (exact) mass is 440 g/mol. The number of rotatable bonds is 4. The molecule has 3 rings (SSSR count). The Balaban J connectivity index is 0. The van der Waals surface area contributed by atoms with E-state index in [0.717, 1.165) is 0 Å². The zero-order valence-electron chi connectivity index (χ0n) is 12.3. The summed E-state index contributed by atoms with van der Waals surface area (Å²) in [5.74, 6) is 0. The van der Waals surface area contributed by atoms with E-state index < -0.39 is 16.2 Å². The van der Waals surface area contributed by atoms with Gasteiger partial charge in [0.25, 0.3) is 0 Å². The third kappa shape index (κ3) is 6.74. The molecule has 0 aliphatic heterocycles. The number of hydrogen-bond acceptors (Lipinski definition) is 2. The molecule has 9 heteroatoms. The first-order valence-corrected chi connectivity index (χ1v) is 11.4. The van der Waals surface area contributed by atoms with E-state index in [0.29, 0.717) is 15.9 Å². The third-order valence-electron chi connectivity index (χ3n) is 3.93. The van der Waals surface area contributed by atoms with E-state index in [9.17, 15) is 13.0 Å². The SMILES string of the molecule is O=S(=O)(O)[PH](c1ccccc1)(c1ccccc1)c1ccccc1.[NaH].[NaH].[NaH].[NaH]. The maximum absolute atomic E-state index is 12.7. The number of hydrogen-bond donors (Lipinski definition) is 1. The van der Waals surface area contributed by atoms with Gasteiger partial charge in [0.05, 0.1) is 0 Å². The predicted molar refractivity (Wildman–Crippen MR) is 127 cm³/mol. The Labute approximate surface area is 250 Å². The second-order valence-electron chi connectivity index (χ2n) is 5.25. The molecule has 126 valence electrons. The molecule has 3 nitrogen and oxygen atoms in total. The Morgan fingerprint density at radius 3 is 0.926 bits per heavy atom. The van der Waals surface area contributed by atoms with Gasteiger partial charge in [0.15, 0.2) is 0 Å². The molecule has 1 N–H and O–H groups in total. The Hall–Kier alpha value is 2.00. The quantitative estimate of drug-likeness (QED) is 0.351. The topological polar surface area (TPSA) is 54.4 Å². The van der Waals surface area contributed by atoms with Crippen LogP contribution in [0.15, 0.2) is 91.0 Å². The summed E-state index contributed by atoms with van der Waals surface area (Å²) in [5.41, 5.74) is 0. The Morgan fingerprint density at radius 1 is 0.519 bits per heavy atom. The normalized spacial score (nSPS) is 10.9. The van der Waals surface area contributed by atoms with E-state index in [2.05, 4.69) is 0 Å². The summed E-state index contributed by atoms with van der Waals surface area (Å²) in [6.07, 6.45) is 0. The Morgan fingerprint density at radius 2 is 0.741 bits per heavy atom. The average Bonchev–Trinajstić information content (AvgIpc) is 2.57. The summed E-state index contributed by atoms with van der Waals surface area (Å²) in [7, 11) is -4.35. The van der Waals surface area contributed by atoms with Crippen LogP contribution in [0.4, 0.5) is 0 Å². The van der Waals surface area contributed by atoms with Gasteiger partial charge in [-0.25, -0.2) is 0 Å². The predicted octanol–water partition coefficient (Wildman–Crippen LogP) is -0.0784. The molecule has 0 fully saturated rings. The van der Waals surface area contributed by atoms with Crippen molar-refractivity contribution in [2.45, 2.75) is 0 Å². The van der Waals surface area contributed by atoms with Crippen molar-refractivity contribution in [2.75, 3.05) is 0 Å². The van der Waals surface area contributed by atoms with E-state index in [1.54, 1.807) is 72.8 Å². The van der Waals surface area contributed by atoms with Crippen molar-refractivity contribution in [3.8, 4) is 0 Å². The molecule has 0 unspecified atom stereocenters. The van der Waals surface area contributed by atoms with Crippen LogP contribution in [0.1, 0.15) is 0 Å². The van der Waals surface area contributed by atoms with Gasteiger partial charge in [0.1, 0.15) is 0 Å². The van der Waals surface area contributed by atoms with Gasteiger partial charge in [-0.2, -0.15) is 0 Å². The van der Waals surface area contributed by atoms with Gasteiger partial charge in [0, 0.05) is 0 Å². The minimum absolute atomic E-state index is 0. The molecular weight excluding hydrogens is 419 g/mol. The van der Waals surface area contributed by atoms with Crippen LogP contribution in [-0.2, 0) is 9.74 Å². The van der Waals surface area contributed by atoms with Crippen molar-refractivity contribution in [1.29, 1.82) is 0 Å². The summed E-state index contributed by atoms with van der Waals surface area (Å²) in [4.78, 5) is 0. The molecular formula is C18H21Na4O3PS. The fourth-order valence-corrected chi connectivity index (χ4v) is 10.8. The molecule has 3 aromatic rings. The van der Waals surface area contributed by atoms with Gasteiger partial charge >= 0.3 is 254 Å². The first kappa shape index (κ1) is 31.2. The standard InChI is InChI=1S/C18H17O3PS.4Na.4H/c19-23(20,21)22(16-10-4-1-5-11-16,17-12-6-2-7-13-17)18-14-8-3-9-15-18;;;;;;;;/h1-15,22H,(H,19,20,21);;;;;;;;. The van der Waals surface area contributed by atoms with Gasteiger partial charge in [0.2, 0.25) is 0 Å². The first-order valence-electron chi connectivity index (χ1n) is 7.20. The van der Waals surface area contributed by atoms with Crippen molar-refractivity contribution in [3.63, 3.8) is 0 Å². The van der Waals surface area contributed by atoms with Gasteiger partial charge in [-0.1, -0.05) is 0 Å². The van der Waals surface area contributed by atoms with E-state index >= 15 is 0 Å². The molecule has 3 aromatic carbocycles. The van der Waals surface area contributed by atoms with E-state index in [4.69, 9.17) is 0 Å². The molecule has 0 radical (unpaired) electrons. The van der Waals surface area contributed by atoms with Crippen molar-refractivity contribution in [2.24, 2.45) is 0 Å². The fourth-order valence-electron chi connectivity index (χ4n) is 2.97. The molecule has 0 saturated carbocycles. The molecule has 27 heavy (non-hydrogen) atoms. The minimum atomic E-state index is -4.35. The number of benzene rings is 3. The molecule has 0 amide bonds. The van der Waals surface area contributed by atoms with Gasteiger partial charge in [-0.3, -0.25) is 0 Å². The van der Waals surface area contributed by atoms with Crippen molar-refractivity contribution in [3.05, 3.63) is 91.0 Å². The van der Waals surface area contributed by atoms with Crippen LogP contribution < -0.4 is 15.9 Å². The first-order chi connectivity index (χ1) is 11.1. The van der Waals surface area contributed by atoms with Crippen LogP contribution >= 0.6 is 6.46 Å². The van der Waals surface area contributed by atoms with Gasteiger partial charge in [-0.05, 0) is 0 Å². The maximum atomic E-state index is 12.7. The Bertz CT molecular complexity index is 799. The van der Waals surface area contributed by atoms with E-state index in [-0.39, 0.29) is 118 Å². The van der Waals surface area contributed by atoms with Crippen LogP contribution in [-0.4, -0.2) is 131 Å². The van der Waals surface area contributed by atoms with Crippen LogP contribution in [0.2, 0.25) is 0 Å². The molecule has 0 aliphatic carbocycles. The summed E-state index contributed by atoms with van der Waals surface area (Å²) < 4.78 is 35.7. The molecule has 0 saturated heterocycles. The van der Waals surface area contributed by atoms with Crippen molar-refractivity contribution in [1.82, 2.24) is 0 Å². The van der Waals surface area contributed by atoms with Crippen LogP contribution in [0.3, 0.4) is 0 Å². The van der Waals surface area contributed by atoms with Crippen molar-refractivity contribution >= 4 is 150 Å². The molecule has 0 heterocycles. The molecule has 0 bridgehead atoms. The second-order valence-corrected chi connectivity index (χ2v) is 12.7. The Kier molecular flexibility index (Phi) is 16.3. The van der Waals surface area contributed by atoms with E-state index in [1.807, 2.05) is 18.2 Å². The second kappa shape index (κ2) is 14.1. The fraction of sp³-hybridized carbons (Fsp3) is 0. The molecule has 0 spiro atoms. The summed E-state index contributed by atoms with van der Waals surface area (Å²) in [5, 5.41) is 1.92. The van der Waals surface area contributed by atoms with Gasteiger partial charge in [-0.15, -0.1) is 0 Å². The summed E-state index contributed by atoms with van der Waals surface area (Å²) in [6, 6.07) is 27.0. The van der Waals surface area contributed by atoms with Crippen molar-refractivity contribution < 1.29 is 13.0 Å². The molecule has 0 aliphatic rings. The molecule has 0 aromatic heterocycles. The zero-order valence-corrected chi connectivity index (χ0v) is 14.1. The zero-order chi connectivity index (χ0) is 16.3. The average molecular weight is 440 g/mol. The van der Waals surface area contributed by atoms with Crippen LogP contribution in [0, 0.1) is 0 Å². The van der Waals surface area contributed by atoms with Crippen LogP contribution in [0.25, 0.3) is 0 Å². The van der Waals surface area contributed by atoms with Gasteiger partial charge < -0.3 is 0 Å². The summed E-state index contributed by atoms with van der Waals surface area (Å²) in [6.45, 7) is -3.60. The van der Waals surface area contributed by atoms with E-state index in [1.165, 1.54) is 0 Å². The molecule has 0 atom stereocenters.